The standard InChI is InChI=1S/C38H37FN4O3/c1-25-14-19-33-34(43(25)38(44)45-3)21-20-32(37(33)46-31-17-15-30(39)16-18-31)29-22-40-42(23-29)35-24-41(26(35)2)36(27-10-6-4-7-11-27)28-12-8-5-9-13-28/h4-13,15-18,20-23,25-26,35-36H,14,19,24H2,1-3H3/t25-,26?,35?/m0/s1. The highest BCUT2D eigenvalue weighted by atomic mass is 19.1. The number of carbonyl (C=O) groups excluding carboxylic acids is 1. The smallest absolute Gasteiger partial charge is 0.414 e. The predicted octanol–water partition coefficient (Wildman–Crippen LogP) is 8.42. The first-order valence-electron chi connectivity index (χ1n) is 15.8. The minimum Gasteiger partial charge on any atom is -0.456 e. The molecule has 1 amide bonds. The molecule has 7 rings (SSSR count). The van der Waals surface area contributed by atoms with Crippen molar-refractivity contribution in [3.63, 3.8) is 0 Å². The number of halogens is 1. The van der Waals surface area contributed by atoms with Gasteiger partial charge in [0, 0.05) is 41.5 Å². The average molecular weight is 617 g/mol. The van der Waals surface area contributed by atoms with Crippen molar-refractivity contribution in [2.24, 2.45) is 0 Å². The maximum Gasteiger partial charge on any atom is 0.414 e. The van der Waals surface area contributed by atoms with Crippen LogP contribution in [0, 0.1) is 5.82 Å². The number of aromatic nitrogens is 2. The molecule has 2 aliphatic rings. The van der Waals surface area contributed by atoms with Crippen LogP contribution in [0.5, 0.6) is 11.5 Å². The van der Waals surface area contributed by atoms with Crippen LogP contribution in [0.4, 0.5) is 14.9 Å². The summed E-state index contributed by atoms with van der Waals surface area (Å²) in [7, 11) is 1.40. The van der Waals surface area contributed by atoms with Crippen LogP contribution in [-0.4, -0.2) is 46.5 Å². The van der Waals surface area contributed by atoms with Gasteiger partial charge in [0.25, 0.3) is 0 Å². The largest absolute Gasteiger partial charge is 0.456 e. The van der Waals surface area contributed by atoms with Crippen molar-refractivity contribution >= 4 is 11.8 Å². The van der Waals surface area contributed by atoms with Crippen LogP contribution in [-0.2, 0) is 11.2 Å². The highest BCUT2D eigenvalue weighted by Gasteiger charge is 2.42. The molecule has 1 saturated heterocycles. The Balaban J connectivity index is 1.21. The van der Waals surface area contributed by atoms with E-state index < -0.39 is 6.09 Å². The molecule has 2 unspecified atom stereocenters. The highest BCUT2D eigenvalue weighted by molar-refractivity contribution is 5.92. The first-order chi connectivity index (χ1) is 22.4. The molecule has 1 aromatic heterocycles. The zero-order valence-corrected chi connectivity index (χ0v) is 26.2. The Morgan fingerprint density at radius 1 is 0.913 bits per heavy atom. The van der Waals surface area contributed by atoms with E-state index in [1.54, 1.807) is 17.0 Å². The Labute approximate surface area is 268 Å². The summed E-state index contributed by atoms with van der Waals surface area (Å²) in [5, 5.41) is 4.84. The van der Waals surface area contributed by atoms with Gasteiger partial charge in [-0.05, 0) is 74.2 Å². The molecule has 4 aromatic carbocycles. The number of rotatable bonds is 7. The Kier molecular flexibility index (Phi) is 8.05. The summed E-state index contributed by atoms with van der Waals surface area (Å²) >= 11 is 0. The van der Waals surface area contributed by atoms with Crippen molar-refractivity contribution in [1.29, 1.82) is 0 Å². The van der Waals surface area contributed by atoms with E-state index in [0.717, 1.165) is 41.8 Å². The lowest BCUT2D eigenvalue weighted by Crippen LogP contribution is -2.56. The Bertz CT molecular complexity index is 1790. The number of ether oxygens (including phenoxy) is 2. The number of fused-ring (bicyclic) bond motifs is 1. The van der Waals surface area contributed by atoms with Gasteiger partial charge in [0.1, 0.15) is 17.3 Å². The van der Waals surface area contributed by atoms with Crippen LogP contribution in [0.1, 0.15) is 49.0 Å². The summed E-state index contributed by atoms with van der Waals surface area (Å²) in [6, 6.07) is 31.8. The molecule has 8 heteroatoms. The average Bonchev–Trinajstić information content (AvgIpc) is 3.56. The van der Waals surface area contributed by atoms with Crippen LogP contribution >= 0.6 is 0 Å². The molecule has 0 saturated carbocycles. The van der Waals surface area contributed by atoms with E-state index in [1.165, 1.54) is 30.4 Å². The lowest BCUT2D eigenvalue weighted by atomic mass is 9.88. The molecule has 5 aromatic rings. The van der Waals surface area contributed by atoms with Gasteiger partial charge < -0.3 is 9.47 Å². The fourth-order valence-electron chi connectivity index (χ4n) is 6.91. The van der Waals surface area contributed by atoms with Crippen molar-refractivity contribution in [1.82, 2.24) is 14.7 Å². The summed E-state index contributed by atoms with van der Waals surface area (Å²) in [6.07, 6.45) is 5.03. The Hall–Kier alpha value is -4.95. The number of nitrogens with zero attached hydrogens (tertiary/aromatic N) is 4. The molecule has 0 spiro atoms. The normalized spacial score (nSPS) is 19.4. The summed E-state index contributed by atoms with van der Waals surface area (Å²) in [6.45, 7) is 5.13. The zero-order chi connectivity index (χ0) is 31.8. The quantitative estimate of drug-likeness (QED) is 0.184. The number of hydrogen-bond acceptors (Lipinski definition) is 5. The molecule has 3 atom stereocenters. The molecule has 2 aliphatic heterocycles. The number of methoxy groups -OCH3 is 1. The predicted molar refractivity (Wildman–Crippen MR) is 177 cm³/mol. The van der Waals surface area contributed by atoms with Crippen LogP contribution < -0.4 is 9.64 Å². The van der Waals surface area contributed by atoms with E-state index in [1.807, 2.05) is 25.3 Å². The number of likely N-dealkylation sites (tertiary alicyclic amines) is 1. The fraction of sp³-hybridized carbons (Fsp3) is 0.263. The topological polar surface area (TPSA) is 59.8 Å². The molecule has 46 heavy (non-hydrogen) atoms. The number of carbonyl (C=O) groups is 1. The van der Waals surface area contributed by atoms with Gasteiger partial charge in [-0.3, -0.25) is 14.5 Å². The van der Waals surface area contributed by atoms with Gasteiger partial charge in [0.2, 0.25) is 0 Å². The molecule has 0 bridgehead atoms. The molecule has 0 N–H and O–H groups in total. The third-order valence-corrected chi connectivity index (χ3v) is 9.45. The van der Waals surface area contributed by atoms with Crippen LogP contribution in [0.2, 0.25) is 0 Å². The zero-order valence-electron chi connectivity index (χ0n) is 26.2. The SMILES string of the molecule is COC(=O)N1c2ccc(-c3cnn(C4CN(C(c5ccccc5)c5ccccc5)C4C)c3)c(Oc3ccc(F)cc3)c2CC[C@@H]1C. The lowest BCUT2D eigenvalue weighted by Gasteiger charge is -2.50. The number of benzene rings is 4. The molecule has 1 fully saturated rings. The monoisotopic (exact) mass is 616 g/mol. The van der Waals surface area contributed by atoms with Gasteiger partial charge in [0.05, 0.1) is 31.1 Å². The number of hydrogen-bond donors (Lipinski definition) is 0. The van der Waals surface area contributed by atoms with Gasteiger partial charge in [-0.2, -0.15) is 5.10 Å². The van der Waals surface area contributed by atoms with E-state index in [4.69, 9.17) is 14.6 Å². The van der Waals surface area contributed by atoms with Crippen molar-refractivity contribution < 1.29 is 18.7 Å². The molecular formula is C38H37FN4O3. The first kappa shape index (κ1) is 29.7. The van der Waals surface area contributed by atoms with Crippen molar-refractivity contribution in [2.75, 3.05) is 18.6 Å². The molecule has 7 nitrogen and oxygen atoms in total. The third-order valence-electron chi connectivity index (χ3n) is 9.45. The van der Waals surface area contributed by atoms with E-state index in [2.05, 4.69) is 83.4 Å². The maximum atomic E-state index is 13.8. The summed E-state index contributed by atoms with van der Waals surface area (Å²) in [5.74, 6) is 0.823. The minimum absolute atomic E-state index is 0.0223. The molecule has 234 valence electrons. The van der Waals surface area contributed by atoms with E-state index in [0.29, 0.717) is 11.5 Å². The van der Waals surface area contributed by atoms with Gasteiger partial charge >= 0.3 is 6.09 Å². The first-order valence-corrected chi connectivity index (χ1v) is 15.8. The van der Waals surface area contributed by atoms with Crippen molar-refractivity contribution in [3.8, 4) is 22.6 Å². The van der Waals surface area contributed by atoms with Gasteiger partial charge in [0.15, 0.2) is 0 Å². The molecule has 0 radical (unpaired) electrons. The minimum atomic E-state index is -0.408. The second-order valence-electron chi connectivity index (χ2n) is 12.2. The van der Waals surface area contributed by atoms with E-state index in [9.17, 15) is 9.18 Å². The van der Waals surface area contributed by atoms with Gasteiger partial charge in [-0.1, -0.05) is 60.7 Å². The molecule has 0 aliphatic carbocycles. The number of amides is 1. The van der Waals surface area contributed by atoms with Gasteiger partial charge in [-0.25, -0.2) is 9.18 Å². The maximum absolute atomic E-state index is 13.8. The second-order valence-corrected chi connectivity index (χ2v) is 12.2. The van der Waals surface area contributed by atoms with Gasteiger partial charge in [-0.15, -0.1) is 0 Å². The fourth-order valence-corrected chi connectivity index (χ4v) is 6.91. The van der Waals surface area contributed by atoms with Crippen LogP contribution in [0.25, 0.3) is 11.1 Å². The molecular weight excluding hydrogens is 579 g/mol. The van der Waals surface area contributed by atoms with E-state index in [-0.39, 0.29) is 30.0 Å². The Morgan fingerprint density at radius 3 is 2.22 bits per heavy atom. The summed E-state index contributed by atoms with van der Waals surface area (Å²) in [4.78, 5) is 17.0. The van der Waals surface area contributed by atoms with E-state index >= 15 is 0 Å². The van der Waals surface area contributed by atoms with Crippen LogP contribution in [0.3, 0.4) is 0 Å². The summed E-state index contributed by atoms with van der Waals surface area (Å²) < 4.78 is 27.5. The third kappa shape index (κ3) is 5.43. The highest BCUT2D eigenvalue weighted by Crippen LogP contribution is 2.46. The second kappa shape index (κ2) is 12.4. The van der Waals surface area contributed by atoms with Crippen molar-refractivity contribution in [2.45, 2.75) is 50.9 Å². The Morgan fingerprint density at radius 2 is 1.59 bits per heavy atom. The summed E-state index contributed by atoms with van der Waals surface area (Å²) in [5.41, 5.74) is 5.99. The molecule has 3 heterocycles. The van der Waals surface area contributed by atoms with Crippen molar-refractivity contribution in [3.05, 3.63) is 132 Å². The number of anilines is 1. The lowest BCUT2D eigenvalue weighted by molar-refractivity contribution is 0.00209. The van der Waals surface area contributed by atoms with Crippen LogP contribution in [0.15, 0.2) is 109 Å².